The lowest BCUT2D eigenvalue weighted by Gasteiger charge is -2.26. The molecular weight excluding hydrogens is 466 g/mol. The molecule has 37 heavy (non-hydrogen) atoms. The largest absolute Gasteiger partial charge is 0.463 e. The Hall–Kier alpha value is -2.90. The first-order valence-corrected chi connectivity index (χ1v) is 13.4. The topological polar surface area (TPSA) is 76.8 Å². The molecule has 0 amide bonds. The van der Waals surface area contributed by atoms with Gasteiger partial charge in [0.25, 0.3) is 0 Å². The molecule has 0 saturated carbocycles. The number of likely N-dealkylation sites (N-methyl/N-ethyl adjacent to an activating group) is 1. The molecule has 2 aromatic rings. The van der Waals surface area contributed by atoms with E-state index in [4.69, 9.17) is 14.5 Å². The van der Waals surface area contributed by atoms with Crippen molar-refractivity contribution in [2.24, 2.45) is 11.8 Å². The average Bonchev–Trinajstić information content (AvgIpc) is 3.19. The molecule has 1 aromatic heterocycles. The molecule has 2 atom stereocenters. The number of carbonyl (C=O) groups is 1. The highest BCUT2D eigenvalue weighted by atomic mass is 16.5. The van der Waals surface area contributed by atoms with Crippen LogP contribution in [-0.4, -0.2) is 58.0 Å². The van der Waals surface area contributed by atoms with Gasteiger partial charge in [-0.05, 0) is 88.6 Å². The summed E-state index contributed by atoms with van der Waals surface area (Å²) < 4.78 is 13.3. The van der Waals surface area contributed by atoms with Crippen LogP contribution < -0.4 is 0 Å². The molecule has 7 nitrogen and oxygen atoms in total. The molecular formula is C30H41N3O4. The van der Waals surface area contributed by atoms with E-state index in [2.05, 4.69) is 53.4 Å². The summed E-state index contributed by atoms with van der Waals surface area (Å²) in [7, 11) is 2.02. The van der Waals surface area contributed by atoms with E-state index in [1.54, 1.807) is 6.92 Å². The highest BCUT2D eigenvalue weighted by molar-refractivity contribution is 5.84. The fourth-order valence-corrected chi connectivity index (χ4v) is 5.16. The molecule has 200 valence electrons. The summed E-state index contributed by atoms with van der Waals surface area (Å²) in [5.74, 6) is 0.611. The first-order valence-electron chi connectivity index (χ1n) is 13.4. The van der Waals surface area contributed by atoms with Gasteiger partial charge in [-0.2, -0.15) is 0 Å². The van der Waals surface area contributed by atoms with E-state index in [0.717, 1.165) is 71.9 Å². The summed E-state index contributed by atoms with van der Waals surface area (Å²) in [4.78, 5) is 19.7. The number of benzene rings is 1. The van der Waals surface area contributed by atoms with E-state index in [1.165, 1.54) is 0 Å². The molecule has 3 heterocycles. The van der Waals surface area contributed by atoms with Crippen LogP contribution in [0.1, 0.15) is 58.3 Å². The van der Waals surface area contributed by atoms with Crippen LogP contribution in [0.3, 0.4) is 0 Å². The molecule has 7 heteroatoms. The minimum Gasteiger partial charge on any atom is -0.463 e. The van der Waals surface area contributed by atoms with Gasteiger partial charge >= 0.3 is 5.97 Å². The van der Waals surface area contributed by atoms with Crippen molar-refractivity contribution in [3.8, 4) is 0 Å². The van der Waals surface area contributed by atoms with Gasteiger partial charge in [-0.3, -0.25) is 4.79 Å². The van der Waals surface area contributed by atoms with Gasteiger partial charge in [-0.1, -0.05) is 12.6 Å². The average molecular weight is 508 g/mol. The number of ether oxygens (including phenoxy) is 2. The summed E-state index contributed by atoms with van der Waals surface area (Å²) >= 11 is 0. The molecule has 1 saturated heterocycles. The van der Waals surface area contributed by atoms with Gasteiger partial charge in [0.05, 0.1) is 29.2 Å². The van der Waals surface area contributed by atoms with Crippen LogP contribution in [0.2, 0.25) is 0 Å². The fourth-order valence-electron chi connectivity index (χ4n) is 5.16. The van der Waals surface area contributed by atoms with Crippen LogP contribution in [0, 0.1) is 11.8 Å². The highest BCUT2D eigenvalue weighted by Crippen LogP contribution is 2.32. The first-order chi connectivity index (χ1) is 17.6. The molecule has 0 radical (unpaired) electrons. The Labute approximate surface area is 220 Å². The van der Waals surface area contributed by atoms with Crippen LogP contribution in [0.4, 0.5) is 0 Å². The molecule has 1 aromatic carbocycles. The molecule has 2 aliphatic heterocycles. The standard InChI is InChI=1S/C30H41N3O4/c1-19(2)37-30(35)26(22(5)34)9-7-23-8-10-28-27(16-23)31-29(25-15-20(3)21(4)32(6)18-25)33(28)17-24-11-13-36-14-12-24/h8,10,15-16,18-19,22,24,26,34H,4,7,9,11-14,17H2,1-3,5-6H3/t22-,26+/m1/s1. The maximum Gasteiger partial charge on any atom is 0.311 e. The van der Waals surface area contributed by atoms with Crippen molar-refractivity contribution in [1.29, 1.82) is 0 Å². The van der Waals surface area contributed by atoms with Gasteiger partial charge in [0, 0.05) is 44.3 Å². The van der Waals surface area contributed by atoms with E-state index in [0.29, 0.717) is 18.8 Å². The molecule has 0 aliphatic carbocycles. The Morgan fingerprint density at radius 1 is 1.27 bits per heavy atom. The number of aliphatic hydroxyl groups is 1. The fraction of sp³-hybridized carbons (Fsp3) is 0.533. The Bertz CT molecular complexity index is 1200. The number of nitrogens with zero attached hydrogens (tertiary/aromatic N) is 3. The number of fused-ring (bicyclic) bond motifs is 1. The number of allylic oxidation sites excluding steroid dienone is 3. The molecule has 0 spiro atoms. The van der Waals surface area contributed by atoms with E-state index in [1.807, 2.05) is 20.9 Å². The molecule has 2 aliphatic rings. The summed E-state index contributed by atoms with van der Waals surface area (Å²) in [5, 5.41) is 10.2. The predicted octanol–water partition coefficient (Wildman–Crippen LogP) is 5.09. The van der Waals surface area contributed by atoms with Gasteiger partial charge in [0.15, 0.2) is 0 Å². The lowest BCUT2D eigenvalue weighted by Crippen LogP contribution is -2.30. The summed E-state index contributed by atoms with van der Waals surface area (Å²) in [6.07, 6.45) is 6.58. The number of aliphatic hydroxyl groups excluding tert-OH is 1. The second kappa shape index (κ2) is 11.7. The Morgan fingerprint density at radius 2 is 2.00 bits per heavy atom. The monoisotopic (exact) mass is 507 g/mol. The van der Waals surface area contributed by atoms with Gasteiger partial charge in [0.2, 0.25) is 0 Å². The quantitative estimate of drug-likeness (QED) is 0.477. The number of aromatic nitrogens is 2. The zero-order valence-electron chi connectivity index (χ0n) is 22.9. The Morgan fingerprint density at radius 3 is 2.65 bits per heavy atom. The Balaban J connectivity index is 1.64. The smallest absolute Gasteiger partial charge is 0.311 e. The first kappa shape index (κ1) is 27.1. The van der Waals surface area contributed by atoms with Crippen molar-refractivity contribution >= 4 is 22.6 Å². The maximum atomic E-state index is 12.5. The van der Waals surface area contributed by atoms with E-state index in [9.17, 15) is 9.90 Å². The van der Waals surface area contributed by atoms with Crippen molar-refractivity contribution in [1.82, 2.24) is 14.5 Å². The van der Waals surface area contributed by atoms with Gasteiger partial charge in [-0.25, -0.2) is 4.98 Å². The lowest BCUT2D eigenvalue weighted by atomic mass is 9.95. The van der Waals surface area contributed by atoms with Crippen LogP contribution in [0.15, 0.2) is 48.3 Å². The van der Waals surface area contributed by atoms with Gasteiger partial charge in [0.1, 0.15) is 5.82 Å². The Kier molecular flexibility index (Phi) is 8.55. The third-order valence-electron chi connectivity index (χ3n) is 7.42. The molecule has 4 rings (SSSR count). The van der Waals surface area contributed by atoms with E-state index in [-0.39, 0.29) is 12.1 Å². The molecule has 0 unspecified atom stereocenters. The molecule has 1 fully saturated rings. The number of imidazole rings is 1. The second-order valence-electron chi connectivity index (χ2n) is 10.8. The van der Waals surface area contributed by atoms with Gasteiger partial charge < -0.3 is 24.0 Å². The summed E-state index contributed by atoms with van der Waals surface area (Å²) in [5.41, 5.74) is 6.33. The molecule has 1 N–H and O–H groups in total. The van der Waals surface area contributed by atoms with Crippen molar-refractivity contribution in [3.05, 3.63) is 59.7 Å². The number of carbonyl (C=O) groups excluding carboxylic acids is 1. The number of hydrogen-bond acceptors (Lipinski definition) is 6. The number of hydrogen-bond donors (Lipinski definition) is 1. The minimum atomic E-state index is -0.764. The number of esters is 1. The van der Waals surface area contributed by atoms with Crippen molar-refractivity contribution < 1.29 is 19.4 Å². The predicted molar refractivity (Wildman–Crippen MR) is 147 cm³/mol. The number of aryl methyl sites for hydroxylation is 1. The van der Waals surface area contributed by atoms with Crippen LogP contribution in [0.25, 0.3) is 16.6 Å². The normalized spacial score (nSPS) is 18.7. The van der Waals surface area contributed by atoms with Crippen LogP contribution in [0.5, 0.6) is 0 Å². The van der Waals surface area contributed by atoms with Crippen LogP contribution in [-0.2, 0) is 27.2 Å². The number of rotatable bonds is 9. The SMILES string of the molecule is C=C1C(C)=CC(c2nc3cc(CC[C@H](C(=O)OC(C)C)[C@@H](C)O)ccc3n2CC2CCOCC2)=CN1C. The highest BCUT2D eigenvalue weighted by Gasteiger charge is 2.26. The lowest BCUT2D eigenvalue weighted by molar-refractivity contribution is -0.156. The zero-order valence-corrected chi connectivity index (χ0v) is 22.9. The summed E-state index contributed by atoms with van der Waals surface area (Å²) in [6.45, 7) is 14.1. The minimum absolute atomic E-state index is 0.203. The maximum absolute atomic E-state index is 12.5. The van der Waals surface area contributed by atoms with Crippen LogP contribution >= 0.6 is 0 Å². The third kappa shape index (κ3) is 6.33. The third-order valence-corrected chi connectivity index (χ3v) is 7.42. The van der Waals surface area contributed by atoms with Crippen molar-refractivity contribution in [3.63, 3.8) is 0 Å². The molecule has 0 bridgehead atoms. The second-order valence-corrected chi connectivity index (χ2v) is 10.8. The van der Waals surface area contributed by atoms with Crippen molar-refractivity contribution in [2.45, 2.75) is 72.1 Å². The zero-order chi connectivity index (χ0) is 26.7. The van der Waals surface area contributed by atoms with Crippen molar-refractivity contribution in [2.75, 3.05) is 20.3 Å². The summed E-state index contributed by atoms with van der Waals surface area (Å²) in [6, 6.07) is 6.38. The van der Waals surface area contributed by atoms with Gasteiger partial charge in [-0.15, -0.1) is 0 Å². The van der Waals surface area contributed by atoms with E-state index >= 15 is 0 Å². The van der Waals surface area contributed by atoms with E-state index < -0.39 is 12.0 Å².